The van der Waals surface area contributed by atoms with E-state index >= 15 is 0 Å². The maximum absolute atomic E-state index is 13.1. The van der Waals surface area contributed by atoms with E-state index in [1.807, 2.05) is 59.5 Å². The Bertz CT molecular complexity index is 1010. The summed E-state index contributed by atoms with van der Waals surface area (Å²) in [5, 5.41) is 10.9. The molecule has 4 nitrogen and oxygen atoms in total. The molecule has 148 valence electrons. The van der Waals surface area contributed by atoms with Crippen LogP contribution in [0.5, 0.6) is 0 Å². The van der Waals surface area contributed by atoms with Crippen molar-refractivity contribution in [1.29, 1.82) is 0 Å². The van der Waals surface area contributed by atoms with Gasteiger partial charge in [0.1, 0.15) is 0 Å². The van der Waals surface area contributed by atoms with Crippen molar-refractivity contribution in [3.63, 3.8) is 0 Å². The zero-order valence-electron chi connectivity index (χ0n) is 16.4. The Morgan fingerprint density at radius 2 is 1.59 bits per heavy atom. The summed E-state index contributed by atoms with van der Waals surface area (Å²) in [7, 11) is 0. The van der Waals surface area contributed by atoms with Gasteiger partial charge in [0.05, 0.1) is 0 Å². The number of carboxylic acids is 1. The number of carbonyl (C=O) groups excluding carboxylic acids is 1. The van der Waals surface area contributed by atoms with Crippen LogP contribution < -0.4 is 0 Å². The van der Waals surface area contributed by atoms with Crippen LogP contribution in [0.4, 0.5) is 0 Å². The first-order valence-electron chi connectivity index (χ1n) is 10.2. The van der Waals surface area contributed by atoms with E-state index in [1.54, 1.807) is 0 Å². The number of aryl methyl sites for hydroxylation is 1. The van der Waals surface area contributed by atoms with E-state index < -0.39 is 5.97 Å². The standard InChI is InChI=1S/C25H25NO3/c27-24(28)13-10-18-8-11-19(12-9-18)20-14-16-26(17-15-20)25(29)23-7-3-5-21-4-1-2-6-22(21)23/h1-9,11-12,20H,10,13-17H2,(H,27,28). The van der Waals surface area contributed by atoms with Crippen LogP contribution in [0.1, 0.15) is 46.7 Å². The maximum atomic E-state index is 13.1. The minimum Gasteiger partial charge on any atom is -0.481 e. The highest BCUT2D eigenvalue weighted by molar-refractivity contribution is 6.07. The molecule has 1 fully saturated rings. The van der Waals surface area contributed by atoms with Crippen molar-refractivity contribution in [3.8, 4) is 0 Å². The van der Waals surface area contributed by atoms with Crippen molar-refractivity contribution in [1.82, 2.24) is 4.90 Å². The molecule has 0 aliphatic carbocycles. The van der Waals surface area contributed by atoms with Gasteiger partial charge in [-0.3, -0.25) is 9.59 Å². The van der Waals surface area contributed by atoms with E-state index in [0.717, 1.165) is 47.8 Å². The van der Waals surface area contributed by atoms with Crippen LogP contribution in [0.2, 0.25) is 0 Å². The van der Waals surface area contributed by atoms with E-state index in [0.29, 0.717) is 12.3 Å². The molecular formula is C25H25NO3. The smallest absolute Gasteiger partial charge is 0.303 e. The normalized spacial score (nSPS) is 14.8. The van der Waals surface area contributed by atoms with Gasteiger partial charge in [0.15, 0.2) is 0 Å². The van der Waals surface area contributed by atoms with Crippen LogP contribution in [-0.4, -0.2) is 35.0 Å². The molecule has 1 N–H and O–H groups in total. The number of nitrogens with zero attached hydrogens (tertiary/aromatic N) is 1. The molecule has 1 aliphatic rings. The number of hydrogen-bond acceptors (Lipinski definition) is 2. The molecule has 1 aliphatic heterocycles. The highest BCUT2D eigenvalue weighted by atomic mass is 16.4. The van der Waals surface area contributed by atoms with Gasteiger partial charge >= 0.3 is 5.97 Å². The van der Waals surface area contributed by atoms with Crippen LogP contribution in [0.15, 0.2) is 66.7 Å². The quantitative estimate of drug-likeness (QED) is 0.679. The van der Waals surface area contributed by atoms with Crippen molar-refractivity contribution < 1.29 is 14.7 Å². The third-order valence-corrected chi connectivity index (χ3v) is 5.88. The lowest BCUT2D eigenvalue weighted by atomic mass is 9.88. The predicted molar refractivity (Wildman–Crippen MR) is 114 cm³/mol. The largest absolute Gasteiger partial charge is 0.481 e. The Kier molecular flexibility index (Phi) is 5.61. The Balaban J connectivity index is 1.40. The number of fused-ring (bicyclic) bond motifs is 1. The minimum atomic E-state index is -0.766. The van der Waals surface area contributed by atoms with Gasteiger partial charge in [0.25, 0.3) is 5.91 Å². The number of carboxylic acid groups (broad SMARTS) is 1. The molecule has 1 amide bonds. The molecular weight excluding hydrogens is 362 g/mol. The molecule has 0 bridgehead atoms. The minimum absolute atomic E-state index is 0.115. The molecule has 29 heavy (non-hydrogen) atoms. The maximum Gasteiger partial charge on any atom is 0.303 e. The van der Waals surface area contributed by atoms with Gasteiger partial charge < -0.3 is 10.0 Å². The van der Waals surface area contributed by atoms with Crippen LogP contribution in [0.3, 0.4) is 0 Å². The van der Waals surface area contributed by atoms with Crippen molar-refractivity contribution in [2.24, 2.45) is 0 Å². The van der Waals surface area contributed by atoms with Gasteiger partial charge in [-0.1, -0.05) is 60.7 Å². The van der Waals surface area contributed by atoms with Gasteiger partial charge in [-0.2, -0.15) is 0 Å². The number of aliphatic carboxylic acids is 1. The average Bonchev–Trinajstić information content (AvgIpc) is 2.77. The lowest BCUT2D eigenvalue weighted by molar-refractivity contribution is -0.136. The van der Waals surface area contributed by atoms with Gasteiger partial charge in [-0.25, -0.2) is 0 Å². The molecule has 1 saturated heterocycles. The zero-order chi connectivity index (χ0) is 20.2. The van der Waals surface area contributed by atoms with E-state index in [1.165, 1.54) is 5.56 Å². The lowest BCUT2D eigenvalue weighted by Crippen LogP contribution is -2.38. The second-order valence-corrected chi connectivity index (χ2v) is 7.73. The summed E-state index contributed by atoms with van der Waals surface area (Å²) in [6, 6.07) is 22.2. The molecule has 4 rings (SSSR count). The first kappa shape index (κ1) is 19.2. The number of hydrogen-bond donors (Lipinski definition) is 1. The van der Waals surface area contributed by atoms with Crippen LogP contribution >= 0.6 is 0 Å². The van der Waals surface area contributed by atoms with Crippen molar-refractivity contribution in [3.05, 3.63) is 83.4 Å². The molecule has 3 aromatic rings. The third-order valence-electron chi connectivity index (χ3n) is 5.88. The second kappa shape index (κ2) is 8.48. The fourth-order valence-corrected chi connectivity index (χ4v) is 4.21. The number of carbonyl (C=O) groups is 2. The first-order valence-corrected chi connectivity index (χ1v) is 10.2. The molecule has 0 unspecified atom stereocenters. The summed E-state index contributed by atoms with van der Waals surface area (Å²) in [6.45, 7) is 1.51. The van der Waals surface area contributed by atoms with Crippen molar-refractivity contribution >= 4 is 22.6 Å². The summed E-state index contributed by atoms with van der Waals surface area (Å²) >= 11 is 0. The van der Waals surface area contributed by atoms with E-state index in [9.17, 15) is 9.59 Å². The molecule has 0 spiro atoms. The summed E-state index contributed by atoms with van der Waals surface area (Å²) in [5.74, 6) is -0.207. The Morgan fingerprint density at radius 3 is 2.31 bits per heavy atom. The molecule has 4 heteroatoms. The van der Waals surface area contributed by atoms with E-state index in [2.05, 4.69) is 12.1 Å². The molecule has 0 saturated carbocycles. The van der Waals surface area contributed by atoms with Gasteiger partial charge in [-0.05, 0) is 53.1 Å². The first-order chi connectivity index (χ1) is 14.1. The number of likely N-dealkylation sites (tertiary alicyclic amines) is 1. The van der Waals surface area contributed by atoms with Crippen LogP contribution in [-0.2, 0) is 11.2 Å². The highest BCUT2D eigenvalue weighted by Gasteiger charge is 2.25. The average molecular weight is 387 g/mol. The fourth-order valence-electron chi connectivity index (χ4n) is 4.21. The monoisotopic (exact) mass is 387 g/mol. The SMILES string of the molecule is O=C(O)CCc1ccc(C2CCN(C(=O)c3cccc4ccccc34)CC2)cc1. The van der Waals surface area contributed by atoms with Crippen molar-refractivity contribution in [2.75, 3.05) is 13.1 Å². The highest BCUT2D eigenvalue weighted by Crippen LogP contribution is 2.30. The number of piperidine rings is 1. The summed E-state index contributed by atoms with van der Waals surface area (Å²) in [4.78, 5) is 25.8. The number of amides is 1. The summed E-state index contributed by atoms with van der Waals surface area (Å²) in [5.41, 5.74) is 3.12. The van der Waals surface area contributed by atoms with Crippen LogP contribution in [0.25, 0.3) is 10.8 Å². The van der Waals surface area contributed by atoms with Gasteiger partial charge in [0, 0.05) is 25.1 Å². The van der Waals surface area contributed by atoms with Gasteiger partial charge in [-0.15, -0.1) is 0 Å². The Morgan fingerprint density at radius 1 is 0.897 bits per heavy atom. The number of benzene rings is 3. The predicted octanol–water partition coefficient (Wildman–Crippen LogP) is 4.88. The zero-order valence-corrected chi connectivity index (χ0v) is 16.4. The lowest BCUT2D eigenvalue weighted by Gasteiger charge is -2.32. The van der Waals surface area contributed by atoms with E-state index in [-0.39, 0.29) is 12.3 Å². The van der Waals surface area contributed by atoms with E-state index in [4.69, 9.17) is 5.11 Å². The third kappa shape index (κ3) is 4.32. The molecule has 0 atom stereocenters. The molecule has 0 radical (unpaired) electrons. The van der Waals surface area contributed by atoms with Crippen LogP contribution in [0, 0.1) is 0 Å². The molecule has 1 heterocycles. The Hall–Kier alpha value is -3.14. The van der Waals surface area contributed by atoms with Gasteiger partial charge in [0.2, 0.25) is 0 Å². The van der Waals surface area contributed by atoms with Crippen molar-refractivity contribution in [2.45, 2.75) is 31.6 Å². The molecule has 3 aromatic carbocycles. The summed E-state index contributed by atoms with van der Waals surface area (Å²) < 4.78 is 0. The second-order valence-electron chi connectivity index (χ2n) is 7.73. The summed E-state index contributed by atoms with van der Waals surface area (Å²) in [6.07, 6.45) is 2.62. The molecule has 0 aromatic heterocycles. The fraction of sp³-hybridized carbons (Fsp3) is 0.280. The Labute approximate surface area is 170 Å². The number of rotatable bonds is 5. The topological polar surface area (TPSA) is 57.6 Å².